The van der Waals surface area contributed by atoms with Gasteiger partial charge in [0, 0.05) is 28.3 Å². The first kappa shape index (κ1) is 29.9. The number of alkyl halides is 3. The number of aromatic nitrogens is 2. The molecule has 0 saturated heterocycles. The second kappa shape index (κ2) is 10.6. The molecule has 2 amide bonds. The molecule has 0 spiro atoms. The molecule has 238 valence electrons. The summed E-state index contributed by atoms with van der Waals surface area (Å²) in [6.07, 6.45) is -0.947. The SMILES string of the molecule is NC(=O)[C@@]1(C2CC2)COc2c1cc(C(O)(CNC(=O)c1cc(OC3CC3)c3ncccc3c1)C(F)(F)F)nc2-c1ccc(F)cc1. The molecule has 2 atom stereocenters. The standard InChI is InChI=1S/C33H28F4N4O5/c34-21-7-3-17(4-8-21)27-28-23(31(16-45-28,30(38)43)20-5-6-20)14-25(41-27)32(44,33(35,36)37)15-40-29(42)19-12-18-2-1-11-39-26(18)24(13-19)46-22-9-10-22/h1-4,7-8,11-14,20,22,44H,5-6,9-10,15-16H2,(H2,38,43)(H,40,42)/t31-,32?/m1/s1. The second-order valence-electron chi connectivity index (χ2n) is 12.0. The van der Waals surface area contributed by atoms with Crippen LogP contribution in [0.5, 0.6) is 11.5 Å². The Kier molecular flexibility index (Phi) is 6.92. The largest absolute Gasteiger partial charge is 0.489 e. The van der Waals surface area contributed by atoms with Crippen LogP contribution >= 0.6 is 0 Å². The van der Waals surface area contributed by atoms with Crippen molar-refractivity contribution in [1.29, 1.82) is 0 Å². The van der Waals surface area contributed by atoms with Gasteiger partial charge in [-0.3, -0.25) is 14.6 Å². The third kappa shape index (κ3) is 4.98. The normalized spacial score (nSPS) is 20.5. The highest BCUT2D eigenvalue weighted by Gasteiger charge is 2.60. The maximum Gasteiger partial charge on any atom is 0.424 e. The van der Waals surface area contributed by atoms with Crippen molar-refractivity contribution < 1.29 is 41.7 Å². The Morgan fingerprint density at radius 2 is 1.83 bits per heavy atom. The van der Waals surface area contributed by atoms with Crippen molar-refractivity contribution in [1.82, 2.24) is 15.3 Å². The second-order valence-corrected chi connectivity index (χ2v) is 12.0. The van der Waals surface area contributed by atoms with E-state index in [0.717, 1.165) is 31.0 Å². The predicted octanol–water partition coefficient (Wildman–Crippen LogP) is 4.68. The molecule has 3 aliphatic rings. The van der Waals surface area contributed by atoms with E-state index in [1.807, 2.05) is 0 Å². The van der Waals surface area contributed by atoms with Crippen molar-refractivity contribution in [3.63, 3.8) is 0 Å². The smallest absolute Gasteiger partial charge is 0.424 e. The number of hydrogen-bond acceptors (Lipinski definition) is 7. The molecule has 2 saturated carbocycles. The van der Waals surface area contributed by atoms with Crippen molar-refractivity contribution in [3.05, 3.63) is 83.4 Å². The zero-order chi connectivity index (χ0) is 32.4. The number of nitrogens with one attached hydrogen (secondary N) is 1. The lowest BCUT2D eigenvalue weighted by atomic mass is 9.76. The zero-order valence-electron chi connectivity index (χ0n) is 24.2. The maximum absolute atomic E-state index is 14.9. The lowest BCUT2D eigenvalue weighted by Gasteiger charge is -2.32. The van der Waals surface area contributed by atoms with Gasteiger partial charge in [0.05, 0.1) is 18.3 Å². The van der Waals surface area contributed by atoms with E-state index in [0.29, 0.717) is 29.5 Å². The fourth-order valence-electron chi connectivity index (χ4n) is 6.00. The Morgan fingerprint density at radius 3 is 2.48 bits per heavy atom. The molecule has 9 nitrogen and oxygen atoms in total. The highest BCUT2D eigenvalue weighted by Crippen LogP contribution is 2.56. The molecule has 7 rings (SSSR count). The molecule has 2 fully saturated rings. The van der Waals surface area contributed by atoms with Gasteiger partial charge in [0.1, 0.15) is 40.5 Å². The topological polar surface area (TPSA) is 137 Å². The summed E-state index contributed by atoms with van der Waals surface area (Å²) in [5.41, 5.74) is 0.431. The fourth-order valence-corrected chi connectivity index (χ4v) is 6.00. The minimum atomic E-state index is -5.34. The maximum atomic E-state index is 14.9. The Hall–Kier alpha value is -4.78. The number of halogens is 4. The van der Waals surface area contributed by atoms with Crippen LogP contribution in [-0.2, 0) is 15.8 Å². The van der Waals surface area contributed by atoms with Crippen LogP contribution in [0, 0.1) is 11.7 Å². The Bertz CT molecular complexity index is 1880. The molecular formula is C33H28F4N4O5. The van der Waals surface area contributed by atoms with Gasteiger partial charge in [0.25, 0.3) is 5.91 Å². The van der Waals surface area contributed by atoms with Crippen molar-refractivity contribution in [2.24, 2.45) is 11.7 Å². The molecule has 3 heterocycles. The Balaban J connectivity index is 1.29. The van der Waals surface area contributed by atoms with Gasteiger partial charge in [0.15, 0.2) is 0 Å². The number of hydrogen-bond donors (Lipinski definition) is 3. The van der Waals surface area contributed by atoms with Crippen LogP contribution in [0.25, 0.3) is 22.2 Å². The van der Waals surface area contributed by atoms with Crippen molar-refractivity contribution in [2.75, 3.05) is 13.2 Å². The van der Waals surface area contributed by atoms with E-state index < -0.39 is 47.1 Å². The number of primary amides is 1. The van der Waals surface area contributed by atoms with Gasteiger partial charge >= 0.3 is 6.18 Å². The zero-order valence-corrected chi connectivity index (χ0v) is 24.2. The van der Waals surface area contributed by atoms with Gasteiger partial charge in [-0.25, -0.2) is 9.37 Å². The number of fused-ring (bicyclic) bond motifs is 2. The number of carbonyl (C=O) groups excluding carboxylic acids is 2. The number of benzene rings is 2. The van der Waals surface area contributed by atoms with Gasteiger partial charge in [0.2, 0.25) is 11.5 Å². The van der Waals surface area contributed by atoms with Crippen LogP contribution < -0.4 is 20.5 Å². The lowest BCUT2D eigenvalue weighted by molar-refractivity contribution is -0.265. The molecule has 1 aliphatic heterocycles. The quantitative estimate of drug-likeness (QED) is 0.227. The number of aliphatic hydroxyl groups is 1. The summed E-state index contributed by atoms with van der Waals surface area (Å²) >= 11 is 0. The van der Waals surface area contributed by atoms with Crippen molar-refractivity contribution >= 4 is 22.7 Å². The highest BCUT2D eigenvalue weighted by atomic mass is 19.4. The lowest BCUT2D eigenvalue weighted by Crippen LogP contribution is -2.52. The Morgan fingerprint density at radius 1 is 1.09 bits per heavy atom. The third-order valence-electron chi connectivity index (χ3n) is 8.88. The first-order valence-electron chi connectivity index (χ1n) is 14.8. The molecule has 13 heteroatoms. The van der Waals surface area contributed by atoms with Gasteiger partial charge in [-0.15, -0.1) is 0 Å². The van der Waals surface area contributed by atoms with Gasteiger partial charge in [-0.1, -0.05) is 6.07 Å². The average molecular weight is 637 g/mol. The summed E-state index contributed by atoms with van der Waals surface area (Å²) in [4.78, 5) is 34.7. The van der Waals surface area contributed by atoms with Crippen LogP contribution in [0.1, 0.15) is 47.3 Å². The van der Waals surface area contributed by atoms with E-state index in [1.54, 1.807) is 18.3 Å². The van der Waals surface area contributed by atoms with Crippen molar-refractivity contribution in [2.45, 2.75) is 49.0 Å². The number of pyridine rings is 2. The van der Waals surface area contributed by atoms with Crippen LogP contribution in [0.15, 0.2) is 60.8 Å². The fraction of sp³-hybridized carbons (Fsp3) is 0.333. The van der Waals surface area contributed by atoms with Gasteiger partial charge in [-0.2, -0.15) is 13.2 Å². The summed E-state index contributed by atoms with van der Waals surface area (Å²) in [5, 5.41) is 14.2. The summed E-state index contributed by atoms with van der Waals surface area (Å²) < 4.78 is 70.2. The van der Waals surface area contributed by atoms with E-state index in [4.69, 9.17) is 15.2 Å². The molecule has 1 unspecified atom stereocenters. The van der Waals surface area contributed by atoms with E-state index in [9.17, 15) is 32.3 Å². The number of ether oxygens (including phenoxy) is 2. The first-order valence-corrected chi connectivity index (χ1v) is 14.8. The third-order valence-corrected chi connectivity index (χ3v) is 8.88. The van der Waals surface area contributed by atoms with Crippen LogP contribution in [0.2, 0.25) is 0 Å². The van der Waals surface area contributed by atoms with E-state index >= 15 is 0 Å². The van der Waals surface area contributed by atoms with Crippen LogP contribution in [0.4, 0.5) is 17.6 Å². The summed E-state index contributed by atoms with van der Waals surface area (Å²) in [5.74, 6) is -2.20. The average Bonchev–Trinajstić information content (AvgIpc) is 3.98. The number of nitrogens with two attached hydrogens (primary N) is 1. The number of nitrogens with zero attached hydrogens (tertiary/aromatic N) is 2. The minimum Gasteiger partial charge on any atom is -0.489 e. The van der Waals surface area contributed by atoms with E-state index in [-0.39, 0.29) is 46.8 Å². The summed E-state index contributed by atoms with van der Waals surface area (Å²) in [7, 11) is 0. The number of carbonyl (C=O) groups is 2. The molecule has 0 bridgehead atoms. The molecule has 4 aromatic rings. The monoisotopic (exact) mass is 636 g/mol. The molecule has 46 heavy (non-hydrogen) atoms. The summed E-state index contributed by atoms with van der Waals surface area (Å²) in [6.45, 7) is -1.54. The molecule has 2 aromatic heterocycles. The van der Waals surface area contributed by atoms with E-state index in [1.165, 1.54) is 24.3 Å². The predicted molar refractivity (Wildman–Crippen MR) is 156 cm³/mol. The van der Waals surface area contributed by atoms with E-state index in [2.05, 4.69) is 15.3 Å². The number of rotatable bonds is 9. The minimum absolute atomic E-state index is 0.00414. The molecule has 0 radical (unpaired) electrons. The Labute approximate surface area is 259 Å². The first-order chi connectivity index (χ1) is 21.9. The molecule has 2 aromatic carbocycles. The number of amides is 2. The van der Waals surface area contributed by atoms with Crippen molar-refractivity contribution in [3.8, 4) is 22.8 Å². The summed E-state index contributed by atoms with van der Waals surface area (Å²) in [6, 6.07) is 12.0. The van der Waals surface area contributed by atoms with Gasteiger partial charge < -0.3 is 25.6 Å². The molecular weight excluding hydrogens is 608 g/mol. The van der Waals surface area contributed by atoms with Crippen LogP contribution in [-0.4, -0.2) is 52.3 Å². The molecule has 2 aliphatic carbocycles. The van der Waals surface area contributed by atoms with Crippen LogP contribution in [0.3, 0.4) is 0 Å². The van der Waals surface area contributed by atoms with Gasteiger partial charge in [-0.05, 0) is 80.1 Å². The molecule has 4 N–H and O–H groups in total. The highest BCUT2D eigenvalue weighted by molar-refractivity contribution is 6.00.